The fraction of sp³-hybridized carbons (Fsp3) is 0.214. The number of nitrogens with one attached hydrogen (secondary N) is 1. The first-order chi connectivity index (χ1) is 9.10. The molecule has 0 radical (unpaired) electrons. The van der Waals surface area contributed by atoms with E-state index in [1.165, 1.54) is 12.1 Å². The van der Waals surface area contributed by atoms with Gasteiger partial charge in [-0.15, -0.1) is 0 Å². The van der Waals surface area contributed by atoms with Crippen LogP contribution in [0.25, 0.3) is 0 Å². The fourth-order valence-electron chi connectivity index (χ4n) is 1.63. The third kappa shape index (κ3) is 3.43. The van der Waals surface area contributed by atoms with Crippen LogP contribution in [0.15, 0.2) is 30.5 Å². The molecule has 0 aliphatic carbocycles. The Morgan fingerprint density at radius 3 is 2.84 bits per heavy atom. The lowest BCUT2D eigenvalue weighted by Gasteiger charge is -2.10. The molecule has 1 N–H and O–H groups in total. The molecule has 5 heteroatoms. The highest BCUT2D eigenvalue weighted by molar-refractivity contribution is 6.31. The number of pyridine rings is 1. The van der Waals surface area contributed by atoms with Crippen molar-refractivity contribution in [1.82, 2.24) is 10.3 Å². The van der Waals surface area contributed by atoms with Gasteiger partial charge in [0.2, 0.25) is 5.88 Å². The number of aryl methyl sites for hydroxylation is 1. The van der Waals surface area contributed by atoms with Crippen LogP contribution in [0.3, 0.4) is 0 Å². The normalized spacial score (nSPS) is 10.5. The van der Waals surface area contributed by atoms with Crippen molar-refractivity contribution >= 4 is 11.6 Å². The van der Waals surface area contributed by atoms with Crippen molar-refractivity contribution in [1.29, 1.82) is 0 Å². The van der Waals surface area contributed by atoms with Crippen molar-refractivity contribution in [3.05, 3.63) is 52.4 Å². The van der Waals surface area contributed by atoms with E-state index in [1.54, 1.807) is 18.3 Å². The lowest BCUT2D eigenvalue weighted by Crippen LogP contribution is -2.05. The second-order valence-corrected chi connectivity index (χ2v) is 4.58. The molecule has 100 valence electrons. The van der Waals surface area contributed by atoms with Crippen molar-refractivity contribution < 1.29 is 9.13 Å². The minimum atomic E-state index is -0.358. The first kappa shape index (κ1) is 13.8. The van der Waals surface area contributed by atoms with Crippen LogP contribution in [-0.2, 0) is 6.54 Å². The van der Waals surface area contributed by atoms with E-state index < -0.39 is 0 Å². The lowest BCUT2D eigenvalue weighted by atomic mass is 10.2. The molecule has 0 fully saturated rings. The first-order valence-corrected chi connectivity index (χ1v) is 6.21. The molecule has 0 saturated carbocycles. The van der Waals surface area contributed by atoms with E-state index in [1.807, 2.05) is 14.0 Å². The van der Waals surface area contributed by atoms with E-state index >= 15 is 0 Å². The molecule has 1 heterocycles. The van der Waals surface area contributed by atoms with Gasteiger partial charge in [0.1, 0.15) is 16.6 Å². The molecule has 0 bridgehead atoms. The van der Waals surface area contributed by atoms with E-state index in [0.717, 1.165) is 11.1 Å². The average molecular weight is 281 g/mol. The minimum absolute atomic E-state index is 0.273. The Labute approximate surface area is 116 Å². The zero-order valence-electron chi connectivity index (χ0n) is 10.7. The second kappa shape index (κ2) is 5.99. The van der Waals surface area contributed by atoms with Gasteiger partial charge in [0.05, 0.1) is 0 Å². The maximum absolute atomic E-state index is 13.2. The Balaban J connectivity index is 2.25. The largest absolute Gasteiger partial charge is 0.437 e. The van der Waals surface area contributed by atoms with Gasteiger partial charge in [0.15, 0.2) is 0 Å². The Morgan fingerprint density at radius 2 is 2.16 bits per heavy atom. The van der Waals surface area contributed by atoms with Gasteiger partial charge in [-0.05, 0) is 37.2 Å². The number of hydrogen-bond donors (Lipinski definition) is 1. The predicted molar refractivity (Wildman–Crippen MR) is 73.2 cm³/mol. The van der Waals surface area contributed by atoms with Crippen LogP contribution >= 0.6 is 11.6 Å². The summed E-state index contributed by atoms with van der Waals surface area (Å²) in [5.41, 5.74) is 1.77. The summed E-state index contributed by atoms with van der Waals surface area (Å²) in [6.07, 6.45) is 1.67. The van der Waals surface area contributed by atoms with Crippen LogP contribution in [0.2, 0.25) is 5.02 Å². The summed E-state index contributed by atoms with van der Waals surface area (Å²) in [5.74, 6) is 0.328. The third-order valence-corrected chi connectivity index (χ3v) is 2.87. The van der Waals surface area contributed by atoms with Gasteiger partial charge in [-0.3, -0.25) is 0 Å². The number of benzene rings is 1. The number of halogens is 2. The summed E-state index contributed by atoms with van der Waals surface area (Å²) >= 11 is 6.10. The summed E-state index contributed by atoms with van der Waals surface area (Å²) in [7, 11) is 1.84. The molecule has 3 nitrogen and oxygen atoms in total. The van der Waals surface area contributed by atoms with Crippen LogP contribution in [0.1, 0.15) is 11.1 Å². The Kier molecular flexibility index (Phi) is 4.35. The molecule has 0 unspecified atom stereocenters. The average Bonchev–Trinajstić information content (AvgIpc) is 2.37. The van der Waals surface area contributed by atoms with Gasteiger partial charge in [-0.25, -0.2) is 9.37 Å². The molecule has 0 saturated heterocycles. The summed E-state index contributed by atoms with van der Waals surface area (Å²) in [6, 6.07) is 6.12. The third-order valence-electron chi connectivity index (χ3n) is 2.60. The molecular weight excluding hydrogens is 267 g/mol. The van der Waals surface area contributed by atoms with Crippen molar-refractivity contribution in [2.24, 2.45) is 0 Å². The minimum Gasteiger partial charge on any atom is -0.437 e. The Morgan fingerprint density at radius 1 is 1.37 bits per heavy atom. The number of ether oxygens (including phenoxy) is 1. The zero-order chi connectivity index (χ0) is 13.8. The standard InChI is InChI=1S/C14H14ClFN2O/c1-9-3-4-11(16)6-13(9)19-14-12(15)5-10(7-17-2)8-18-14/h3-6,8,17H,7H2,1-2H3. The molecule has 0 spiro atoms. The van der Waals surface area contributed by atoms with Crippen LogP contribution in [0, 0.1) is 12.7 Å². The topological polar surface area (TPSA) is 34.2 Å². The van der Waals surface area contributed by atoms with Crippen molar-refractivity contribution in [2.75, 3.05) is 7.05 Å². The molecule has 2 aromatic rings. The lowest BCUT2D eigenvalue weighted by molar-refractivity contribution is 0.454. The number of aromatic nitrogens is 1. The Bertz CT molecular complexity index is 590. The van der Waals surface area contributed by atoms with E-state index in [9.17, 15) is 4.39 Å². The van der Waals surface area contributed by atoms with Crippen molar-refractivity contribution in [3.63, 3.8) is 0 Å². The summed E-state index contributed by atoms with van der Waals surface area (Å²) in [6.45, 7) is 2.50. The van der Waals surface area contributed by atoms with Crippen LogP contribution in [0.5, 0.6) is 11.6 Å². The van der Waals surface area contributed by atoms with E-state index in [2.05, 4.69) is 10.3 Å². The van der Waals surface area contributed by atoms with Gasteiger partial charge in [-0.2, -0.15) is 0 Å². The SMILES string of the molecule is CNCc1cnc(Oc2cc(F)ccc2C)c(Cl)c1. The molecule has 2 rings (SSSR count). The number of rotatable bonds is 4. The van der Waals surface area contributed by atoms with Crippen LogP contribution in [-0.4, -0.2) is 12.0 Å². The highest BCUT2D eigenvalue weighted by Gasteiger charge is 2.09. The zero-order valence-corrected chi connectivity index (χ0v) is 11.5. The quantitative estimate of drug-likeness (QED) is 0.927. The highest BCUT2D eigenvalue weighted by atomic mass is 35.5. The second-order valence-electron chi connectivity index (χ2n) is 4.17. The van der Waals surface area contributed by atoms with Crippen molar-refractivity contribution in [2.45, 2.75) is 13.5 Å². The number of nitrogens with zero attached hydrogens (tertiary/aromatic N) is 1. The molecule has 1 aromatic heterocycles. The molecule has 0 aliphatic heterocycles. The predicted octanol–water partition coefficient (Wildman–Crippen LogP) is 3.69. The maximum atomic E-state index is 13.2. The summed E-state index contributed by atoms with van der Waals surface area (Å²) in [5, 5.41) is 3.41. The van der Waals surface area contributed by atoms with Crippen molar-refractivity contribution in [3.8, 4) is 11.6 Å². The highest BCUT2D eigenvalue weighted by Crippen LogP contribution is 2.30. The molecule has 0 amide bonds. The van der Waals surface area contributed by atoms with E-state index in [-0.39, 0.29) is 11.7 Å². The monoisotopic (exact) mass is 280 g/mol. The van der Waals surface area contributed by atoms with Gasteiger partial charge < -0.3 is 10.1 Å². The number of hydrogen-bond acceptors (Lipinski definition) is 3. The van der Waals surface area contributed by atoms with Gasteiger partial charge in [0, 0.05) is 18.8 Å². The molecule has 0 atom stereocenters. The van der Waals surface area contributed by atoms with E-state index in [0.29, 0.717) is 17.3 Å². The Hall–Kier alpha value is -1.65. The van der Waals surface area contributed by atoms with Gasteiger partial charge in [-0.1, -0.05) is 17.7 Å². The van der Waals surface area contributed by atoms with E-state index in [4.69, 9.17) is 16.3 Å². The van der Waals surface area contributed by atoms with Crippen LogP contribution < -0.4 is 10.1 Å². The molecule has 1 aromatic carbocycles. The first-order valence-electron chi connectivity index (χ1n) is 5.83. The smallest absolute Gasteiger partial charge is 0.238 e. The maximum Gasteiger partial charge on any atom is 0.238 e. The van der Waals surface area contributed by atoms with Gasteiger partial charge >= 0.3 is 0 Å². The molecule has 19 heavy (non-hydrogen) atoms. The molecular formula is C14H14ClFN2O. The summed E-state index contributed by atoms with van der Waals surface area (Å²) in [4.78, 5) is 4.15. The van der Waals surface area contributed by atoms with Gasteiger partial charge in [0.25, 0.3) is 0 Å². The fourth-order valence-corrected chi connectivity index (χ4v) is 1.86. The summed E-state index contributed by atoms with van der Waals surface area (Å²) < 4.78 is 18.7. The van der Waals surface area contributed by atoms with Crippen LogP contribution in [0.4, 0.5) is 4.39 Å². The molecule has 0 aliphatic rings.